The zero-order valence-corrected chi connectivity index (χ0v) is 14.8. The highest BCUT2D eigenvalue weighted by Crippen LogP contribution is 2.45. The third kappa shape index (κ3) is 3.17. The lowest BCUT2D eigenvalue weighted by Gasteiger charge is -2.40. The van der Waals surface area contributed by atoms with E-state index in [4.69, 9.17) is 4.74 Å². The smallest absolute Gasteiger partial charge is 0.254 e. The fraction of sp³-hybridized carbons (Fsp3) is 0.333. The van der Waals surface area contributed by atoms with E-state index in [1.807, 2.05) is 0 Å². The van der Waals surface area contributed by atoms with Gasteiger partial charge in [-0.2, -0.15) is 0 Å². The Morgan fingerprint density at radius 2 is 2.00 bits per heavy atom. The summed E-state index contributed by atoms with van der Waals surface area (Å²) in [5, 5.41) is 13.3. The van der Waals surface area contributed by atoms with Crippen LogP contribution in [0.5, 0.6) is 5.75 Å². The Kier molecular flexibility index (Phi) is 4.38. The first-order valence-electron chi connectivity index (χ1n) is 7.78. The molecule has 25 heavy (non-hydrogen) atoms. The maximum absolute atomic E-state index is 13.9. The first-order valence-corrected chi connectivity index (χ1v) is 8.59. The van der Waals surface area contributed by atoms with E-state index in [0.717, 1.165) is 11.3 Å². The van der Waals surface area contributed by atoms with E-state index in [9.17, 15) is 19.1 Å². The van der Waals surface area contributed by atoms with Crippen LogP contribution in [0, 0.1) is 5.82 Å². The average molecular weight is 363 g/mol. The van der Waals surface area contributed by atoms with E-state index in [-0.39, 0.29) is 11.3 Å². The number of thiophene rings is 1. The predicted molar refractivity (Wildman–Crippen MR) is 91.6 cm³/mol. The third-order valence-electron chi connectivity index (χ3n) is 4.16. The van der Waals surface area contributed by atoms with Crippen LogP contribution in [-0.2, 0) is 0 Å². The van der Waals surface area contributed by atoms with Crippen LogP contribution in [0.4, 0.5) is 4.39 Å². The summed E-state index contributed by atoms with van der Waals surface area (Å²) in [7, 11) is 0. The summed E-state index contributed by atoms with van der Waals surface area (Å²) in [6, 6.07) is 6.44. The number of carbonyl (C=O) groups excluding carboxylic acids is 2. The molecule has 7 heteroatoms. The van der Waals surface area contributed by atoms with Gasteiger partial charge in [0.25, 0.3) is 5.91 Å². The number of hydrogen-bond acceptors (Lipinski definition) is 5. The lowest BCUT2D eigenvalue weighted by atomic mass is 9.90. The Labute approximate surface area is 148 Å². The number of fused-ring (bicyclic) bond motifs is 1. The van der Waals surface area contributed by atoms with E-state index in [1.54, 1.807) is 26.0 Å². The summed E-state index contributed by atoms with van der Waals surface area (Å²) in [6.07, 6.45) is -1.06. The van der Waals surface area contributed by atoms with Crippen LogP contribution >= 0.6 is 11.3 Å². The molecule has 5 nitrogen and oxygen atoms in total. The van der Waals surface area contributed by atoms with E-state index < -0.39 is 29.5 Å². The molecule has 2 N–H and O–H groups in total. The number of ketones is 1. The number of nitrogens with one attached hydrogen (secondary N) is 1. The molecule has 1 aromatic heterocycles. The molecule has 0 spiro atoms. The van der Waals surface area contributed by atoms with Crippen molar-refractivity contribution in [2.45, 2.75) is 38.5 Å². The van der Waals surface area contributed by atoms with Crippen molar-refractivity contribution in [3.63, 3.8) is 0 Å². The Bertz CT molecular complexity index is 845. The van der Waals surface area contributed by atoms with Crippen molar-refractivity contribution in [1.29, 1.82) is 0 Å². The zero-order valence-electron chi connectivity index (χ0n) is 14.0. The maximum Gasteiger partial charge on any atom is 0.254 e. The van der Waals surface area contributed by atoms with E-state index >= 15 is 0 Å². The molecular formula is C18H18FNO4S. The second-order valence-electron chi connectivity index (χ2n) is 6.48. The maximum atomic E-state index is 13.9. The Balaban J connectivity index is 1.98. The van der Waals surface area contributed by atoms with Crippen LogP contribution in [0.15, 0.2) is 30.3 Å². The van der Waals surface area contributed by atoms with Gasteiger partial charge in [0.2, 0.25) is 0 Å². The molecule has 0 saturated carbocycles. The molecule has 0 saturated heterocycles. The molecule has 0 fully saturated rings. The SMILES string of the molecule is CC(=O)c1cc2c(s1)[C@@H](NC(=O)c1ccccc1F)[C@H](O)C(C)(C)O2. The highest BCUT2D eigenvalue weighted by molar-refractivity contribution is 7.14. The van der Waals surface area contributed by atoms with Crippen molar-refractivity contribution in [2.24, 2.45) is 0 Å². The second kappa shape index (κ2) is 6.24. The van der Waals surface area contributed by atoms with Crippen LogP contribution in [0.1, 0.15) is 51.7 Å². The highest BCUT2D eigenvalue weighted by Gasteiger charge is 2.45. The number of hydrogen-bond donors (Lipinski definition) is 2. The Morgan fingerprint density at radius 1 is 1.32 bits per heavy atom. The Morgan fingerprint density at radius 3 is 2.64 bits per heavy atom. The highest BCUT2D eigenvalue weighted by atomic mass is 32.1. The summed E-state index contributed by atoms with van der Waals surface area (Å²) in [5.41, 5.74) is -1.08. The van der Waals surface area contributed by atoms with Crippen LogP contribution in [0.2, 0.25) is 0 Å². The van der Waals surface area contributed by atoms with Gasteiger partial charge in [-0.05, 0) is 32.9 Å². The van der Waals surface area contributed by atoms with Gasteiger partial charge in [-0.1, -0.05) is 12.1 Å². The first kappa shape index (κ1) is 17.6. The molecule has 0 aliphatic carbocycles. The molecule has 3 rings (SSSR count). The number of halogens is 1. The van der Waals surface area contributed by atoms with Crippen molar-refractivity contribution in [1.82, 2.24) is 5.32 Å². The normalized spacial score (nSPS) is 21.2. The topological polar surface area (TPSA) is 75.6 Å². The number of benzene rings is 1. The first-order chi connectivity index (χ1) is 11.7. The van der Waals surface area contributed by atoms with Gasteiger partial charge < -0.3 is 15.2 Å². The van der Waals surface area contributed by atoms with Gasteiger partial charge >= 0.3 is 0 Å². The summed E-state index contributed by atoms with van der Waals surface area (Å²) in [5.74, 6) is -0.959. The average Bonchev–Trinajstić information content (AvgIpc) is 2.95. The second-order valence-corrected chi connectivity index (χ2v) is 7.56. The molecule has 1 amide bonds. The quantitative estimate of drug-likeness (QED) is 0.822. The molecule has 1 aliphatic rings. The summed E-state index contributed by atoms with van der Waals surface area (Å²) in [6.45, 7) is 4.81. The number of carbonyl (C=O) groups is 2. The fourth-order valence-electron chi connectivity index (χ4n) is 2.76. The van der Waals surface area contributed by atoms with Gasteiger partial charge in [0.15, 0.2) is 5.78 Å². The molecule has 1 aromatic carbocycles. The van der Waals surface area contributed by atoms with Crippen LogP contribution in [0.25, 0.3) is 0 Å². The number of aliphatic hydroxyl groups excluding tert-OH is 1. The van der Waals surface area contributed by atoms with Crippen molar-refractivity contribution >= 4 is 23.0 Å². The van der Waals surface area contributed by atoms with Gasteiger partial charge in [-0.25, -0.2) is 4.39 Å². The molecule has 0 bridgehead atoms. The number of amides is 1. The summed E-state index contributed by atoms with van der Waals surface area (Å²) in [4.78, 5) is 25.1. The van der Waals surface area contributed by atoms with Crippen molar-refractivity contribution in [2.75, 3.05) is 0 Å². The molecular weight excluding hydrogens is 345 g/mol. The zero-order chi connectivity index (χ0) is 18.4. The minimum Gasteiger partial charge on any atom is -0.484 e. The minimum absolute atomic E-state index is 0.108. The molecule has 1 aliphatic heterocycles. The molecule has 2 heterocycles. The van der Waals surface area contributed by atoms with E-state index in [1.165, 1.54) is 25.1 Å². The fourth-order valence-corrected chi connectivity index (χ4v) is 3.82. The van der Waals surface area contributed by atoms with Gasteiger partial charge in [0.1, 0.15) is 23.3 Å². The van der Waals surface area contributed by atoms with Crippen molar-refractivity contribution in [3.05, 3.63) is 51.5 Å². The number of rotatable bonds is 3. The summed E-state index contributed by atoms with van der Waals surface area (Å²) < 4.78 is 19.6. The Hall–Kier alpha value is -2.25. The molecule has 2 aromatic rings. The number of Topliss-reactive ketones (excluding diaryl/α,β-unsaturated/α-hetero) is 1. The van der Waals surface area contributed by atoms with Gasteiger partial charge in [-0.15, -0.1) is 11.3 Å². The molecule has 0 unspecified atom stereocenters. The predicted octanol–water partition coefficient (Wildman–Crippen LogP) is 3.09. The van der Waals surface area contributed by atoms with Crippen molar-refractivity contribution in [3.8, 4) is 5.75 Å². The van der Waals surface area contributed by atoms with Gasteiger partial charge in [0, 0.05) is 6.07 Å². The monoisotopic (exact) mass is 363 g/mol. The molecule has 132 valence electrons. The van der Waals surface area contributed by atoms with Crippen LogP contribution in [-0.4, -0.2) is 28.5 Å². The van der Waals surface area contributed by atoms with Gasteiger partial charge in [0.05, 0.1) is 21.4 Å². The lowest BCUT2D eigenvalue weighted by Crippen LogP contribution is -2.53. The third-order valence-corrected chi connectivity index (χ3v) is 5.46. The van der Waals surface area contributed by atoms with E-state index in [0.29, 0.717) is 15.5 Å². The number of aliphatic hydroxyl groups is 1. The number of ether oxygens (including phenoxy) is 1. The van der Waals surface area contributed by atoms with Gasteiger partial charge in [-0.3, -0.25) is 9.59 Å². The van der Waals surface area contributed by atoms with Crippen molar-refractivity contribution < 1.29 is 23.8 Å². The molecule has 2 atom stereocenters. The van der Waals surface area contributed by atoms with E-state index in [2.05, 4.69) is 5.32 Å². The molecule has 0 radical (unpaired) electrons. The van der Waals surface area contributed by atoms with Crippen LogP contribution in [0.3, 0.4) is 0 Å². The largest absolute Gasteiger partial charge is 0.484 e. The standard InChI is InChI=1S/C18H18FNO4S/c1-9(21)13-8-12-15(25-13)14(16(22)18(2,3)24-12)20-17(23)10-6-4-5-7-11(10)19/h4-8,14,16,22H,1-3H3,(H,20,23)/t14-,16+/m1/s1. The van der Waals surface area contributed by atoms with Crippen LogP contribution < -0.4 is 10.1 Å². The summed E-state index contributed by atoms with van der Waals surface area (Å²) >= 11 is 1.15. The lowest BCUT2D eigenvalue weighted by molar-refractivity contribution is -0.0612. The minimum atomic E-state index is -1.06.